The van der Waals surface area contributed by atoms with Crippen molar-refractivity contribution in [1.29, 1.82) is 0 Å². The summed E-state index contributed by atoms with van der Waals surface area (Å²) in [5.41, 5.74) is 8.50. The molecule has 1 saturated heterocycles. The van der Waals surface area contributed by atoms with Gasteiger partial charge in [0.1, 0.15) is 5.75 Å². The summed E-state index contributed by atoms with van der Waals surface area (Å²) < 4.78 is 5.42. The summed E-state index contributed by atoms with van der Waals surface area (Å²) in [4.78, 5) is 18.2. The Morgan fingerprint density at radius 2 is 2.12 bits per heavy atom. The first-order valence-corrected chi connectivity index (χ1v) is 8.27. The zero-order valence-corrected chi connectivity index (χ0v) is 13.9. The zero-order chi connectivity index (χ0) is 16.9. The van der Waals surface area contributed by atoms with Crippen molar-refractivity contribution in [2.75, 3.05) is 20.2 Å². The van der Waals surface area contributed by atoms with Crippen molar-refractivity contribution in [3.8, 4) is 5.75 Å². The number of hydrogen-bond donors (Lipinski definition) is 1. The number of benzene rings is 1. The number of rotatable bonds is 6. The smallest absolute Gasteiger partial charge is 0.231 e. The number of nitrogens with zero attached hydrogens (tertiary/aromatic N) is 2. The average Bonchev–Trinajstić information content (AvgIpc) is 3.03. The summed E-state index contributed by atoms with van der Waals surface area (Å²) in [6, 6.07) is 14.3. The van der Waals surface area contributed by atoms with Gasteiger partial charge in [-0.1, -0.05) is 24.3 Å². The van der Waals surface area contributed by atoms with Crippen LogP contribution in [-0.4, -0.2) is 36.0 Å². The maximum Gasteiger partial charge on any atom is 0.231 e. The van der Waals surface area contributed by atoms with E-state index in [1.807, 2.05) is 36.4 Å². The van der Waals surface area contributed by atoms with E-state index in [0.29, 0.717) is 6.54 Å². The average molecular weight is 325 g/mol. The van der Waals surface area contributed by atoms with Crippen LogP contribution >= 0.6 is 0 Å². The number of methoxy groups -OCH3 is 1. The number of likely N-dealkylation sites (tertiary alicyclic amines) is 1. The van der Waals surface area contributed by atoms with Gasteiger partial charge in [0, 0.05) is 17.7 Å². The fourth-order valence-corrected chi connectivity index (χ4v) is 3.38. The highest BCUT2D eigenvalue weighted by atomic mass is 16.5. The Hall–Kier alpha value is -2.40. The van der Waals surface area contributed by atoms with E-state index in [0.717, 1.165) is 48.5 Å². The minimum atomic E-state index is -0.285. The summed E-state index contributed by atoms with van der Waals surface area (Å²) >= 11 is 0. The van der Waals surface area contributed by atoms with Crippen molar-refractivity contribution >= 4 is 5.91 Å². The van der Waals surface area contributed by atoms with Crippen LogP contribution in [0.2, 0.25) is 0 Å². The van der Waals surface area contributed by atoms with E-state index in [1.165, 1.54) is 0 Å². The molecule has 2 aromatic rings. The Bertz CT molecular complexity index is 717. The number of primary amides is 1. The molecule has 0 aliphatic carbocycles. The van der Waals surface area contributed by atoms with Crippen LogP contribution in [0.15, 0.2) is 42.5 Å². The SMILES string of the molecule is COc1ccccc1Cc1cccc(C2CCCN2CC(N)=O)n1. The van der Waals surface area contributed by atoms with Gasteiger partial charge in [-0.3, -0.25) is 14.7 Å². The normalized spacial score (nSPS) is 17.8. The van der Waals surface area contributed by atoms with Crippen LogP contribution in [0.4, 0.5) is 0 Å². The molecular weight excluding hydrogens is 302 g/mol. The molecule has 1 unspecified atom stereocenters. The van der Waals surface area contributed by atoms with Crippen LogP contribution in [0.25, 0.3) is 0 Å². The molecule has 1 fully saturated rings. The minimum absolute atomic E-state index is 0.176. The molecule has 2 N–H and O–H groups in total. The molecule has 5 heteroatoms. The Balaban J connectivity index is 1.80. The summed E-state index contributed by atoms with van der Waals surface area (Å²) in [6.45, 7) is 1.19. The molecule has 24 heavy (non-hydrogen) atoms. The van der Waals surface area contributed by atoms with Crippen LogP contribution in [0, 0.1) is 0 Å². The van der Waals surface area contributed by atoms with Crippen molar-refractivity contribution in [3.63, 3.8) is 0 Å². The molecule has 1 amide bonds. The number of amides is 1. The maximum atomic E-state index is 11.3. The quantitative estimate of drug-likeness (QED) is 0.885. The van der Waals surface area contributed by atoms with E-state index < -0.39 is 0 Å². The van der Waals surface area contributed by atoms with Gasteiger partial charge in [-0.25, -0.2) is 0 Å². The second-order valence-electron chi connectivity index (χ2n) is 6.14. The molecule has 1 atom stereocenters. The van der Waals surface area contributed by atoms with E-state index in [2.05, 4.69) is 11.0 Å². The first kappa shape index (κ1) is 16.5. The van der Waals surface area contributed by atoms with E-state index in [9.17, 15) is 4.79 Å². The van der Waals surface area contributed by atoms with Gasteiger partial charge in [-0.05, 0) is 37.6 Å². The predicted octanol–water partition coefficient (Wildman–Crippen LogP) is 2.30. The van der Waals surface area contributed by atoms with Crippen LogP contribution in [-0.2, 0) is 11.2 Å². The summed E-state index contributed by atoms with van der Waals surface area (Å²) in [7, 11) is 1.68. The van der Waals surface area contributed by atoms with Crippen molar-refractivity contribution < 1.29 is 9.53 Å². The van der Waals surface area contributed by atoms with Gasteiger partial charge in [0.05, 0.1) is 25.4 Å². The maximum absolute atomic E-state index is 11.3. The van der Waals surface area contributed by atoms with Gasteiger partial charge in [0.25, 0.3) is 0 Å². The van der Waals surface area contributed by atoms with E-state index in [-0.39, 0.29) is 11.9 Å². The molecule has 0 radical (unpaired) electrons. The fourth-order valence-electron chi connectivity index (χ4n) is 3.38. The fraction of sp³-hybridized carbons (Fsp3) is 0.368. The lowest BCUT2D eigenvalue weighted by molar-refractivity contribution is -0.119. The first-order chi connectivity index (χ1) is 11.7. The van der Waals surface area contributed by atoms with Gasteiger partial charge in [-0.2, -0.15) is 0 Å². The standard InChI is InChI=1S/C19H23N3O2/c1-24-18-10-3-2-6-14(18)12-15-7-4-8-16(21-15)17-9-5-11-22(17)13-19(20)23/h2-4,6-8,10,17H,5,9,11-13H2,1H3,(H2,20,23). The number of nitrogens with two attached hydrogens (primary N) is 1. The Morgan fingerprint density at radius 1 is 1.29 bits per heavy atom. The third-order valence-electron chi connectivity index (χ3n) is 4.46. The van der Waals surface area contributed by atoms with Gasteiger partial charge >= 0.3 is 0 Å². The molecule has 126 valence electrons. The number of hydrogen-bond acceptors (Lipinski definition) is 4. The van der Waals surface area contributed by atoms with E-state index in [1.54, 1.807) is 7.11 Å². The second kappa shape index (κ2) is 7.45. The van der Waals surface area contributed by atoms with Gasteiger partial charge < -0.3 is 10.5 Å². The Kier molecular flexibility index (Phi) is 5.11. The van der Waals surface area contributed by atoms with E-state index in [4.69, 9.17) is 15.5 Å². The monoisotopic (exact) mass is 325 g/mol. The van der Waals surface area contributed by atoms with E-state index >= 15 is 0 Å². The van der Waals surface area contributed by atoms with Crippen molar-refractivity contribution in [1.82, 2.24) is 9.88 Å². The number of pyridine rings is 1. The zero-order valence-electron chi connectivity index (χ0n) is 13.9. The van der Waals surface area contributed by atoms with Crippen LogP contribution < -0.4 is 10.5 Å². The molecule has 1 aromatic carbocycles. The molecule has 2 heterocycles. The molecule has 5 nitrogen and oxygen atoms in total. The summed E-state index contributed by atoms with van der Waals surface area (Å²) in [5.74, 6) is 0.591. The molecular formula is C19H23N3O2. The van der Waals surface area contributed by atoms with Gasteiger partial charge in [0.2, 0.25) is 5.91 Å². The Morgan fingerprint density at radius 3 is 2.92 bits per heavy atom. The third-order valence-corrected chi connectivity index (χ3v) is 4.46. The van der Waals surface area contributed by atoms with Crippen molar-refractivity contribution in [2.45, 2.75) is 25.3 Å². The third kappa shape index (κ3) is 3.74. The lowest BCUT2D eigenvalue weighted by atomic mass is 10.1. The molecule has 1 aliphatic rings. The van der Waals surface area contributed by atoms with Crippen LogP contribution in [0.3, 0.4) is 0 Å². The largest absolute Gasteiger partial charge is 0.496 e. The van der Waals surface area contributed by atoms with Gasteiger partial charge in [0.15, 0.2) is 0 Å². The highest BCUT2D eigenvalue weighted by Gasteiger charge is 2.28. The number of para-hydroxylation sites is 1. The molecule has 1 aliphatic heterocycles. The van der Waals surface area contributed by atoms with Crippen molar-refractivity contribution in [2.24, 2.45) is 5.73 Å². The van der Waals surface area contributed by atoms with Crippen LogP contribution in [0.1, 0.15) is 35.8 Å². The molecule has 0 spiro atoms. The van der Waals surface area contributed by atoms with Crippen molar-refractivity contribution in [3.05, 3.63) is 59.4 Å². The molecule has 0 saturated carbocycles. The molecule has 1 aromatic heterocycles. The number of ether oxygens (including phenoxy) is 1. The number of aromatic nitrogens is 1. The number of carbonyl (C=O) groups is 1. The topological polar surface area (TPSA) is 68.5 Å². The first-order valence-electron chi connectivity index (χ1n) is 8.27. The highest BCUT2D eigenvalue weighted by molar-refractivity contribution is 5.76. The summed E-state index contributed by atoms with van der Waals surface area (Å²) in [5, 5.41) is 0. The Labute approximate surface area is 142 Å². The molecule has 3 rings (SSSR count). The lowest BCUT2D eigenvalue weighted by Gasteiger charge is -2.22. The van der Waals surface area contributed by atoms with Crippen LogP contribution in [0.5, 0.6) is 5.75 Å². The lowest BCUT2D eigenvalue weighted by Crippen LogP contribution is -2.33. The highest BCUT2D eigenvalue weighted by Crippen LogP contribution is 2.30. The number of carbonyl (C=O) groups excluding carboxylic acids is 1. The minimum Gasteiger partial charge on any atom is -0.496 e. The summed E-state index contributed by atoms with van der Waals surface area (Å²) in [6.07, 6.45) is 2.80. The van der Waals surface area contributed by atoms with Gasteiger partial charge in [-0.15, -0.1) is 0 Å². The predicted molar refractivity (Wildman–Crippen MR) is 92.8 cm³/mol. The second-order valence-corrected chi connectivity index (χ2v) is 6.14. The molecule has 0 bridgehead atoms.